The van der Waals surface area contributed by atoms with Gasteiger partial charge in [0.2, 0.25) is 0 Å². The Bertz CT molecular complexity index is 467. The predicted octanol–water partition coefficient (Wildman–Crippen LogP) is 2.94. The fourth-order valence-electron chi connectivity index (χ4n) is 2.34. The van der Waals surface area contributed by atoms with E-state index in [9.17, 15) is 23.1 Å². The van der Waals surface area contributed by atoms with E-state index in [2.05, 4.69) is 5.32 Å². The second-order valence-corrected chi connectivity index (χ2v) is 4.70. The molecule has 1 fully saturated rings. The van der Waals surface area contributed by atoms with Crippen LogP contribution in [0, 0.1) is 0 Å². The van der Waals surface area contributed by atoms with Gasteiger partial charge >= 0.3 is 12.3 Å². The van der Waals surface area contributed by atoms with E-state index in [1.807, 2.05) is 0 Å². The molecule has 110 valence electrons. The molecule has 1 saturated heterocycles. The Morgan fingerprint density at radius 1 is 1.30 bits per heavy atom. The highest BCUT2D eigenvalue weighted by atomic mass is 19.4. The lowest BCUT2D eigenvalue weighted by molar-refractivity contribution is -0.137. The van der Waals surface area contributed by atoms with E-state index in [1.165, 1.54) is 12.1 Å². The summed E-state index contributed by atoms with van der Waals surface area (Å²) in [6.45, 7) is 1.34. The van der Waals surface area contributed by atoms with Crippen molar-refractivity contribution in [2.75, 3.05) is 18.0 Å². The zero-order valence-electron chi connectivity index (χ0n) is 10.7. The second-order valence-electron chi connectivity index (χ2n) is 4.70. The molecule has 4 nitrogen and oxygen atoms in total. The summed E-state index contributed by atoms with van der Waals surface area (Å²) in [5.41, 5.74) is -0.521. The van der Waals surface area contributed by atoms with Crippen LogP contribution in [0.2, 0.25) is 0 Å². The summed E-state index contributed by atoms with van der Waals surface area (Å²) < 4.78 is 37.5. The minimum atomic E-state index is -4.42. The van der Waals surface area contributed by atoms with Gasteiger partial charge in [0.05, 0.1) is 11.6 Å². The molecule has 1 aromatic carbocycles. The number of nitrogens with one attached hydrogen (secondary N) is 1. The molecule has 1 aliphatic rings. The molecule has 0 bridgehead atoms. The van der Waals surface area contributed by atoms with Crippen molar-refractivity contribution in [2.45, 2.75) is 25.1 Å². The van der Waals surface area contributed by atoms with Crippen molar-refractivity contribution in [1.82, 2.24) is 5.32 Å². The molecule has 7 heteroatoms. The predicted molar refractivity (Wildman–Crippen MR) is 67.8 cm³/mol. The van der Waals surface area contributed by atoms with Crippen LogP contribution in [0.1, 0.15) is 18.4 Å². The van der Waals surface area contributed by atoms with Gasteiger partial charge in [0.25, 0.3) is 0 Å². The molecule has 20 heavy (non-hydrogen) atoms. The number of benzene rings is 1. The fourth-order valence-corrected chi connectivity index (χ4v) is 2.34. The molecule has 0 spiro atoms. The van der Waals surface area contributed by atoms with E-state index >= 15 is 0 Å². The summed E-state index contributed by atoms with van der Waals surface area (Å²) in [5.74, 6) is 0. The van der Waals surface area contributed by atoms with Gasteiger partial charge in [-0.3, -0.25) is 4.90 Å². The number of nitrogens with zero attached hydrogens (tertiary/aromatic N) is 1. The second kappa shape index (κ2) is 5.70. The van der Waals surface area contributed by atoms with Crippen molar-refractivity contribution in [1.29, 1.82) is 0 Å². The summed E-state index contributed by atoms with van der Waals surface area (Å²) in [6, 6.07) is 3.96. The standard InChI is InChI=1S/C13H15F3N2O2/c14-13(15,16)9-3-5-10(6-4-9)18(12(19)20)11-2-1-7-17-8-11/h3-6,11,17H,1-2,7-8H2,(H,19,20). The summed E-state index contributed by atoms with van der Waals surface area (Å²) >= 11 is 0. The lowest BCUT2D eigenvalue weighted by Crippen LogP contribution is -2.48. The molecule has 0 saturated carbocycles. The Balaban J connectivity index is 2.23. The first-order chi connectivity index (χ1) is 9.39. The number of hydrogen-bond donors (Lipinski definition) is 2. The number of amides is 1. The van der Waals surface area contributed by atoms with E-state index in [1.54, 1.807) is 0 Å². The molecule has 1 aromatic rings. The van der Waals surface area contributed by atoms with Crippen molar-refractivity contribution in [2.24, 2.45) is 0 Å². The van der Waals surface area contributed by atoms with Gasteiger partial charge in [-0.1, -0.05) is 0 Å². The van der Waals surface area contributed by atoms with Crippen LogP contribution in [0.25, 0.3) is 0 Å². The van der Waals surface area contributed by atoms with E-state index < -0.39 is 17.8 Å². The van der Waals surface area contributed by atoms with Crippen molar-refractivity contribution >= 4 is 11.8 Å². The van der Waals surface area contributed by atoms with Gasteiger partial charge in [-0.05, 0) is 43.7 Å². The Morgan fingerprint density at radius 3 is 2.40 bits per heavy atom. The highest BCUT2D eigenvalue weighted by Gasteiger charge is 2.31. The third-order valence-corrected chi connectivity index (χ3v) is 3.31. The fraction of sp³-hybridized carbons (Fsp3) is 0.462. The summed E-state index contributed by atoms with van der Waals surface area (Å²) in [4.78, 5) is 12.5. The topological polar surface area (TPSA) is 52.6 Å². The molecular formula is C13H15F3N2O2. The Kier molecular flexibility index (Phi) is 4.17. The first-order valence-corrected chi connectivity index (χ1v) is 6.30. The van der Waals surface area contributed by atoms with E-state index in [0.29, 0.717) is 13.0 Å². The van der Waals surface area contributed by atoms with Crippen LogP contribution >= 0.6 is 0 Å². The molecule has 0 aromatic heterocycles. The molecular weight excluding hydrogens is 273 g/mol. The summed E-state index contributed by atoms with van der Waals surface area (Å²) in [6.07, 6.45) is -4.03. The highest BCUT2D eigenvalue weighted by molar-refractivity contribution is 5.86. The number of hydrogen-bond acceptors (Lipinski definition) is 2. The number of alkyl halides is 3. The number of piperidine rings is 1. The van der Waals surface area contributed by atoms with E-state index in [-0.39, 0.29) is 11.7 Å². The Labute approximate surface area is 114 Å². The number of anilines is 1. The molecule has 0 radical (unpaired) electrons. The van der Waals surface area contributed by atoms with Crippen LogP contribution in [-0.4, -0.2) is 30.3 Å². The van der Waals surface area contributed by atoms with Gasteiger partial charge in [-0.25, -0.2) is 4.79 Å². The minimum absolute atomic E-state index is 0.252. The maximum atomic E-state index is 12.5. The van der Waals surface area contributed by atoms with Gasteiger partial charge in [-0.2, -0.15) is 13.2 Å². The molecule has 1 heterocycles. The average Bonchev–Trinajstić information content (AvgIpc) is 2.39. The number of halogens is 3. The molecule has 1 unspecified atom stereocenters. The van der Waals surface area contributed by atoms with Crippen LogP contribution in [0.5, 0.6) is 0 Å². The number of rotatable bonds is 2. The van der Waals surface area contributed by atoms with Gasteiger partial charge < -0.3 is 10.4 Å². The Hall–Kier alpha value is -1.76. The maximum Gasteiger partial charge on any atom is 0.416 e. The largest absolute Gasteiger partial charge is 0.465 e. The molecule has 2 rings (SSSR count). The van der Waals surface area contributed by atoms with Crippen molar-refractivity contribution in [3.8, 4) is 0 Å². The lowest BCUT2D eigenvalue weighted by atomic mass is 10.0. The van der Waals surface area contributed by atoms with Crippen molar-refractivity contribution in [3.05, 3.63) is 29.8 Å². The summed E-state index contributed by atoms with van der Waals surface area (Å²) in [7, 11) is 0. The highest BCUT2D eigenvalue weighted by Crippen LogP contribution is 2.31. The zero-order chi connectivity index (χ0) is 14.8. The van der Waals surface area contributed by atoms with Crippen LogP contribution in [0.3, 0.4) is 0 Å². The number of carboxylic acid groups (broad SMARTS) is 1. The van der Waals surface area contributed by atoms with Crippen molar-refractivity contribution < 1.29 is 23.1 Å². The first kappa shape index (κ1) is 14.6. The van der Waals surface area contributed by atoms with Gasteiger partial charge in [-0.15, -0.1) is 0 Å². The van der Waals surface area contributed by atoms with Crippen molar-refractivity contribution in [3.63, 3.8) is 0 Å². The van der Waals surface area contributed by atoms with E-state index in [4.69, 9.17) is 0 Å². The zero-order valence-corrected chi connectivity index (χ0v) is 10.7. The molecule has 1 atom stereocenters. The number of carbonyl (C=O) groups is 1. The molecule has 2 N–H and O–H groups in total. The van der Waals surface area contributed by atoms with Gasteiger partial charge in [0, 0.05) is 12.2 Å². The van der Waals surface area contributed by atoms with Crippen LogP contribution in [0.4, 0.5) is 23.7 Å². The van der Waals surface area contributed by atoms with Crippen LogP contribution in [-0.2, 0) is 6.18 Å². The first-order valence-electron chi connectivity index (χ1n) is 6.30. The lowest BCUT2D eigenvalue weighted by Gasteiger charge is -2.32. The Morgan fingerprint density at radius 2 is 1.95 bits per heavy atom. The smallest absolute Gasteiger partial charge is 0.416 e. The molecule has 0 aliphatic carbocycles. The molecule has 1 amide bonds. The quantitative estimate of drug-likeness (QED) is 0.879. The monoisotopic (exact) mass is 288 g/mol. The average molecular weight is 288 g/mol. The van der Waals surface area contributed by atoms with Gasteiger partial charge in [0.15, 0.2) is 0 Å². The minimum Gasteiger partial charge on any atom is -0.465 e. The normalized spacial score (nSPS) is 19.6. The van der Waals surface area contributed by atoms with E-state index in [0.717, 1.165) is 30.0 Å². The SMILES string of the molecule is O=C(O)N(c1ccc(C(F)(F)F)cc1)C1CCCNC1. The maximum absolute atomic E-state index is 12.5. The van der Waals surface area contributed by atoms with Crippen LogP contribution in [0.15, 0.2) is 24.3 Å². The summed E-state index contributed by atoms with van der Waals surface area (Å²) in [5, 5.41) is 12.4. The van der Waals surface area contributed by atoms with Crippen LogP contribution < -0.4 is 10.2 Å². The third-order valence-electron chi connectivity index (χ3n) is 3.31. The van der Waals surface area contributed by atoms with Gasteiger partial charge in [0.1, 0.15) is 0 Å². The third kappa shape index (κ3) is 3.22. The molecule has 1 aliphatic heterocycles.